The van der Waals surface area contributed by atoms with Crippen LogP contribution in [0.3, 0.4) is 0 Å². The molecule has 0 radical (unpaired) electrons. The van der Waals surface area contributed by atoms with E-state index in [1.54, 1.807) is 6.07 Å². The fourth-order valence-electron chi connectivity index (χ4n) is 2.50. The van der Waals surface area contributed by atoms with Gasteiger partial charge < -0.3 is 5.32 Å². The topological polar surface area (TPSA) is 12.0 Å². The molecule has 21 heavy (non-hydrogen) atoms. The van der Waals surface area contributed by atoms with E-state index in [0.717, 1.165) is 12.5 Å². The third-order valence-electron chi connectivity index (χ3n) is 3.65. The molecule has 0 amide bonds. The van der Waals surface area contributed by atoms with Gasteiger partial charge in [0.1, 0.15) is 0 Å². The van der Waals surface area contributed by atoms with Crippen molar-refractivity contribution in [1.29, 1.82) is 0 Å². The number of rotatable bonds is 3. The van der Waals surface area contributed by atoms with E-state index in [4.69, 9.17) is 0 Å². The van der Waals surface area contributed by atoms with Gasteiger partial charge in [0.05, 0.1) is 5.56 Å². The minimum absolute atomic E-state index is 0.0645. The molecule has 0 aromatic heterocycles. The van der Waals surface area contributed by atoms with Crippen LogP contribution in [0.5, 0.6) is 0 Å². The van der Waals surface area contributed by atoms with E-state index in [-0.39, 0.29) is 17.6 Å². The highest BCUT2D eigenvalue weighted by Gasteiger charge is 2.40. The zero-order chi connectivity index (χ0) is 15.0. The molecular formula is C16H13BrF3N. The first kappa shape index (κ1) is 14.4. The SMILES string of the molecule is FC(F)(F)c1cc(Br)ccc1NC1CC1c1ccccc1. The lowest BCUT2D eigenvalue weighted by Gasteiger charge is -2.15. The molecule has 1 fully saturated rings. The fraction of sp³-hybridized carbons (Fsp3) is 0.250. The van der Waals surface area contributed by atoms with E-state index >= 15 is 0 Å². The lowest BCUT2D eigenvalue weighted by Crippen LogP contribution is -2.13. The van der Waals surface area contributed by atoms with Gasteiger partial charge in [0.2, 0.25) is 0 Å². The number of anilines is 1. The molecule has 0 saturated heterocycles. The third-order valence-corrected chi connectivity index (χ3v) is 4.14. The molecule has 0 spiro atoms. The Kier molecular flexibility index (Phi) is 3.69. The second-order valence-electron chi connectivity index (χ2n) is 5.19. The molecule has 110 valence electrons. The van der Waals surface area contributed by atoms with E-state index in [9.17, 15) is 13.2 Å². The van der Waals surface area contributed by atoms with Gasteiger partial charge in [-0.2, -0.15) is 13.2 Å². The van der Waals surface area contributed by atoms with Gasteiger partial charge in [0.25, 0.3) is 0 Å². The van der Waals surface area contributed by atoms with E-state index in [1.807, 2.05) is 30.3 Å². The van der Waals surface area contributed by atoms with Crippen molar-refractivity contribution in [2.75, 3.05) is 5.32 Å². The van der Waals surface area contributed by atoms with Crippen LogP contribution in [0.25, 0.3) is 0 Å². The van der Waals surface area contributed by atoms with E-state index in [1.165, 1.54) is 11.6 Å². The Bertz CT molecular complexity index is 640. The lowest BCUT2D eigenvalue weighted by molar-refractivity contribution is -0.137. The summed E-state index contributed by atoms with van der Waals surface area (Å²) in [6, 6.07) is 14.1. The molecule has 1 nitrogen and oxygen atoms in total. The zero-order valence-electron chi connectivity index (χ0n) is 11.0. The first-order valence-corrected chi connectivity index (χ1v) is 7.42. The lowest BCUT2D eigenvalue weighted by atomic mass is 10.1. The number of alkyl halides is 3. The van der Waals surface area contributed by atoms with Gasteiger partial charge in [-0.25, -0.2) is 0 Å². The van der Waals surface area contributed by atoms with Gasteiger partial charge in [0, 0.05) is 22.1 Å². The van der Waals surface area contributed by atoms with Crippen molar-refractivity contribution in [2.24, 2.45) is 0 Å². The van der Waals surface area contributed by atoms with Crippen molar-refractivity contribution in [3.8, 4) is 0 Å². The van der Waals surface area contributed by atoms with Gasteiger partial charge in [-0.15, -0.1) is 0 Å². The van der Waals surface area contributed by atoms with E-state index in [2.05, 4.69) is 21.2 Å². The summed E-state index contributed by atoms with van der Waals surface area (Å²) in [5.41, 5.74) is 0.686. The smallest absolute Gasteiger partial charge is 0.381 e. The second kappa shape index (κ2) is 5.37. The molecule has 0 aliphatic heterocycles. The van der Waals surface area contributed by atoms with Gasteiger partial charge in [-0.05, 0) is 30.2 Å². The summed E-state index contributed by atoms with van der Waals surface area (Å²) >= 11 is 3.09. The van der Waals surface area contributed by atoms with Crippen LogP contribution in [-0.2, 0) is 6.18 Å². The Morgan fingerprint density at radius 3 is 2.43 bits per heavy atom. The van der Waals surface area contributed by atoms with Gasteiger partial charge in [0.15, 0.2) is 0 Å². The highest BCUT2D eigenvalue weighted by atomic mass is 79.9. The van der Waals surface area contributed by atoms with Crippen molar-refractivity contribution < 1.29 is 13.2 Å². The Balaban J connectivity index is 1.78. The van der Waals surface area contributed by atoms with Gasteiger partial charge in [-0.3, -0.25) is 0 Å². The molecule has 2 unspecified atom stereocenters. The molecule has 1 aliphatic carbocycles. The average Bonchev–Trinajstić information content (AvgIpc) is 3.20. The number of benzene rings is 2. The second-order valence-corrected chi connectivity index (χ2v) is 6.11. The monoisotopic (exact) mass is 355 g/mol. The Labute approximate surface area is 129 Å². The summed E-state index contributed by atoms with van der Waals surface area (Å²) in [7, 11) is 0. The minimum Gasteiger partial charge on any atom is -0.381 e. The number of hydrogen-bond donors (Lipinski definition) is 1. The molecule has 5 heteroatoms. The normalized spacial score (nSPS) is 21.1. The molecule has 0 heterocycles. The van der Waals surface area contributed by atoms with Crippen LogP contribution >= 0.6 is 15.9 Å². The first-order chi connectivity index (χ1) is 9.95. The molecule has 2 atom stereocenters. The van der Waals surface area contributed by atoms with Crippen LogP contribution < -0.4 is 5.32 Å². The molecular weight excluding hydrogens is 343 g/mol. The maximum atomic E-state index is 13.1. The molecule has 2 aromatic rings. The first-order valence-electron chi connectivity index (χ1n) is 6.63. The summed E-state index contributed by atoms with van der Waals surface area (Å²) < 4.78 is 39.6. The van der Waals surface area contributed by atoms with Crippen LogP contribution in [0, 0.1) is 0 Å². The molecule has 1 saturated carbocycles. The fourth-order valence-corrected chi connectivity index (χ4v) is 2.86. The van der Waals surface area contributed by atoms with Crippen LogP contribution in [0.1, 0.15) is 23.5 Å². The number of hydrogen-bond acceptors (Lipinski definition) is 1. The van der Waals surface area contributed by atoms with Crippen LogP contribution in [0.4, 0.5) is 18.9 Å². The van der Waals surface area contributed by atoms with E-state index in [0.29, 0.717) is 4.47 Å². The summed E-state index contributed by atoms with van der Waals surface area (Å²) in [6.45, 7) is 0. The van der Waals surface area contributed by atoms with Gasteiger partial charge >= 0.3 is 6.18 Å². The molecule has 0 bridgehead atoms. The maximum absolute atomic E-state index is 13.1. The zero-order valence-corrected chi connectivity index (χ0v) is 12.6. The maximum Gasteiger partial charge on any atom is 0.418 e. The highest BCUT2D eigenvalue weighted by molar-refractivity contribution is 9.10. The average molecular weight is 356 g/mol. The van der Waals surface area contributed by atoms with Crippen LogP contribution in [0.2, 0.25) is 0 Å². The standard InChI is InChI=1S/C16H13BrF3N/c17-11-6-7-14(13(8-11)16(18,19)20)21-15-9-12(15)10-4-2-1-3-5-10/h1-8,12,15,21H,9H2. The van der Waals surface area contributed by atoms with Crippen molar-refractivity contribution in [2.45, 2.75) is 24.6 Å². The molecule has 1 aliphatic rings. The molecule has 1 N–H and O–H groups in total. The van der Waals surface area contributed by atoms with Crippen molar-refractivity contribution in [3.63, 3.8) is 0 Å². The number of nitrogens with one attached hydrogen (secondary N) is 1. The highest BCUT2D eigenvalue weighted by Crippen LogP contribution is 2.45. The summed E-state index contributed by atoms with van der Waals surface area (Å²) in [4.78, 5) is 0. The number of halogens is 4. The Hall–Kier alpha value is -1.49. The largest absolute Gasteiger partial charge is 0.418 e. The summed E-state index contributed by atoms with van der Waals surface area (Å²) in [6.07, 6.45) is -3.50. The summed E-state index contributed by atoms with van der Waals surface area (Å²) in [5, 5.41) is 3.03. The predicted octanol–water partition coefficient (Wildman–Crippen LogP) is 5.44. The van der Waals surface area contributed by atoms with Crippen molar-refractivity contribution in [1.82, 2.24) is 0 Å². The van der Waals surface area contributed by atoms with E-state index < -0.39 is 11.7 Å². The predicted molar refractivity (Wildman–Crippen MR) is 80.4 cm³/mol. The minimum atomic E-state index is -4.36. The van der Waals surface area contributed by atoms with Crippen LogP contribution in [0.15, 0.2) is 53.0 Å². The Morgan fingerprint density at radius 1 is 1.05 bits per heavy atom. The van der Waals surface area contributed by atoms with Gasteiger partial charge in [-0.1, -0.05) is 46.3 Å². The summed E-state index contributed by atoms with van der Waals surface area (Å²) in [5.74, 6) is 0.288. The quantitative estimate of drug-likeness (QED) is 0.773. The third kappa shape index (κ3) is 3.23. The molecule has 3 rings (SSSR count). The van der Waals surface area contributed by atoms with Crippen LogP contribution in [-0.4, -0.2) is 6.04 Å². The van der Waals surface area contributed by atoms with Crippen molar-refractivity contribution in [3.05, 3.63) is 64.1 Å². The Morgan fingerprint density at radius 2 is 1.76 bits per heavy atom. The molecule has 2 aromatic carbocycles. The van der Waals surface area contributed by atoms with Crippen molar-refractivity contribution >= 4 is 21.6 Å².